The molecule has 0 radical (unpaired) electrons. The molecule has 2 rings (SSSR count). The zero-order chi connectivity index (χ0) is 13.8. The monoisotopic (exact) mass is 281 g/mol. The van der Waals surface area contributed by atoms with Gasteiger partial charge in [-0.25, -0.2) is 8.78 Å². The molecule has 2 aromatic rings. The molecule has 100 valence electrons. The van der Waals surface area contributed by atoms with E-state index in [1.54, 1.807) is 12.1 Å². The third-order valence-electron chi connectivity index (χ3n) is 2.88. The molecule has 0 unspecified atom stereocenters. The molecule has 0 amide bonds. The molecule has 1 atom stereocenters. The van der Waals surface area contributed by atoms with Crippen molar-refractivity contribution in [3.05, 3.63) is 70.2 Å². The van der Waals surface area contributed by atoms with E-state index in [1.165, 1.54) is 24.3 Å². The fourth-order valence-electron chi connectivity index (χ4n) is 1.88. The fraction of sp³-hybridized carbons (Fsp3) is 0.200. The highest BCUT2D eigenvalue weighted by Gasteiger charge is 2.06. The van der Waals surface area contributed by atoms with Crippen molar-refractivity contribution in [2.75, 3.05) is 0 Å². The SMILES string of the molecule is C[C@H](NCc1cc(F)cc(Cl)c1)c1cccc(F)c1. The Labute approximate surface area is 116 Å². The number of nitrogens with one attached hydrogen (secondary N) is 1. The minimum atomic E-state index is -0.359. The Bertz CT molecular complexity index is 552. The van der Waals surface area contributed by atoms with E-state index in [-0.39, 0.29) is 17.7 Å². The smallest absolute Gasteiger partial charge is 0.125 e. The highest BCUT2D eigenvalue weighted by atomic mass is 35.5. The number of hydrogen-bond donors (Lipinski definition) is 1. The van der Waals surface area contributed by atoms with Gasteiger partial charge in [0.15, 0.2) is 0 Å². The molecule has 2 aromatic carbocycles. The number of hydrogen-bond acceptors (Lipinski definition) is 1. The number of rotatable bonds is 4. The van der Waals surface area contributed by atoms with Crippen molar-refractivity contribution in [3.8, 4) is 0 Å². The summed E-state index contributed by atoms with van der Waals surface area (Å²) in [5.74, 6) is -0.623. The summed E-state index contributed by atoms with van der Waals surface area (Å²) in [6, 6.07) is 10.8. The van der Waals surface area contributed by atoms with Crippen molar-refractivity contribution in [1.82, 2.24) is 5.32 Å². The van der Waals surface area contributed by atoms with Gasteiger partial charge in [-0.1, -0.05) is 23.7 Å². The standard InChI is InChI=1S/C15H14ClF2N/c1-10(12-3-2-4-14(17)7-12)19-9-11-5-13(16)8-15(18)6-11/h2-8,10,19H,9H2,1H3/t10-/m0/s1. The molecule has 1 nitrogen and oxygen atoms in total. The molecule has 0 saturated carbocycles. The zero-order valence-electron chi connectivity index (χ0n) is 10.5. The van der Waals surface area contributed by atoms with Crippen molar-refractivity contribution in [2.45, 2.75) is 19.5 Å². The third-order valence-corrected chi connectivity index (χ3v) is 3.10. The van der Waals surface area contributed by atoms with Crippen LogP contribution in [0.3, 0.4) is 0 Å². The highest BCUT2D eigenvalue weighted by Crippen LogP contribution is 2.17. The van der Waals surface area contributed by atoms with Crippen LogP contribution >= 0.6 is 11.6 Å². The Morgan fingerprint density at radius 1 is 1.11 bits per heavy atom. The maximum Gasteiger partial charge on any atom is 0.125 e. The van der Waals surface area contributed by atoms with E-state index in [4.69, 9.17) is 11.6 Å². The van der Waals surface area contributed by atoms with Crippen LogP contribution in [0.2, 0.25) is 5.02 Å². The summed E-state index contributed by atoms with van der Waals surface area (Å²) in [4.78, 5) is 0. The molecule has 0 spiro atoms. The lowest BCUT2D eigenvalue weighted by atomic mass is 10.1. The van der Waals surface area contributed by atoms with Gasteiger partial charge in [0.05, 0.1) is 0 Å². The minimum Gasteiger partial charge on any atom is -0.306 e. The van der Waals surface area contributed by atoms with Gasteiger partial charge in [-0.05, 0) is 48.4 Å². The summed E-state index contributed by atoms with van der Waals surface area (Å²) in [5.41, 5.74) is 1.61. The first-order chi connectivity index (χ1) is 9.04. The normalized spacial score (nSPS) is 12.4. The van der Waals surface area contributed by atoms with Crippen LogP contribution in [0.4, 0.5) is 8.78 Å². The van der Waals surface area contributed by atoms with Gasteiger partial charge < -0.3 is 5.32 Å². The van der Waals surface area contributed by atoms with E-state index in [9.17, 15) is 8.78 Å². The van der Waals surface area contributed by atoms with Crippen LogP contribution in [-0.4, -0.2) is 0 Å². The van der Waals surface area contributed by atoms with Gasteiger partial charge in [0, 0.05) is 17.6 Å². The molecule has 1 N–H and O–H groups in total. The Kier molecular flexibility index (Phi) is 4.51. The Balaban J connectivity index is 2.02. The average molecular weight is 282 g/mol. The minimum absolute atomic E-state index is 0.0299. The van der Waals surface area contributed by atoms with Crippen LogP contribution in [0.15, 0.2) is 42.5 Å². The second-order valence-electron chi connectivity index (χ2n) is 4.44. The number of benzene rings is 2. The molecule has 0 aromatic heterocycles. The van der Waals surface area contributed by atoms with Gasteiger partial charge in [0.1, 0.15) is 11.6 Å². The Morgan fingerprint density at radius 3 is 2.58 bits per heavy atom. The zero-order valence-corrected chi connectivity index (χ0v) is 11.2. The van der Waals surface area contributed by atoms with Crippen molar-refractivity contribution in [2.24, 2.45) is 0 Å². The molecule has 0 bridgehead atoms. The lowest BCUT2D eigenvalue weighted by molar-refractivity contribution is 0.561. The van der Waals surface area contributed by atoms with Crippen molar-refractivity contribution >= 4 is 11.6 Å². The molecule has 4 heteroatoms. The molecular formula is C15H14ClF2N. The summed E-state index contributed by atoms with van der Waals surface area (Å²) in [6.45, 7) is 2.39. The van der Waals surface area contributed by atoms with E-state index in [0.29, 0.717) is 11.6 Å². The van der Waals surface area contributed by atoms with Crippen LogP contribution in [0.1, 0.15) is 24.1 Å². The molecular weight excluding hydrogens is 268 g/mol. The average Bonchev–Trinajstić information content (AvgIpc) is 2.35. The lowest BCUT2D eigenvalue weighted by Gasteiger charge is -2.14. The summed E-state index contributed by atoms with van der Waals surface area (Å²) in [6.07, 6.45) is 0. The lowest BCUT2D eigenvalue weighted by Crippen LogP contribution is -2.18. The summed E-state index contributed by atoms with van der Waals surface area (Å²) >= 11 is 5.79. The molecule has 0 aliphatic rings. The second kappa shape index (κ2) is 6.13. The van der Waals surface area contributed by atoms with Gasteiger partial charge in [-0.2, -0.15) is 0 Å². The predicted molar refractivity (Wildman–Crippen MR) is 73.1 cm³/mol. The second-order valence-corrected chi connectivity index (χ2v) is 4.87. The van der Waals surface area contributed by atoms with Crippen LogP contribution < -0.4 is 5.32 Å². The van der Waals surface area contributed by atoms with E-state index in [2.05, 4.69) is 5.32 Å². The Hall–Kier alpha value is -1.45. The molecule has 0 heterocycles. The van der Waals surface area contributed by atoms with Gasteiger partial charge in [-0.3, -0.25) is 0 Å². The van der Waals surface area contributed by atoms with Crippen molar-refractivity contribution < 1.29 is 8.78 Å². The third kappa shape index (κ3) is 4.01. The van der Waals surface area contributed by atoms with Crippen LogP contribution in [0.5, 0.6) is 0 Å². The van der Waals surface area contributed by atoms with E-state index < -0.39 is 0 Å². The molecule has 0 aliphatic carbocycles. The summed E-state index contributed by atoms with van der Waals surface area (Å²) in [7, 11) is 0. The molecule has 19 heavy (non-hydrogen) atoms. The van der Waals surface area contributed by atoms with Gasteiger partial charge >= 0.3 is 0 Å². The molecule has 0 fully saturated rings. The maximum atomic E-state index is 13.2. The largest absolute Gasteiger partial charge is 0.306 e. The first kappa shape index (κ1) is 14.0. The van der Waals surface area contributed by atoms with E-state index >= 15 is 0 Å². The highest BCUT2D eigenvalue weighted by molar-refractivity contribution is 6.30. The molecule has 0 saturated heterocycles. The van der Waals surface area contributed by atoms with E-state index in [0.717, 1.165) is 11.1 Å². The van der Waals surface area contributed by atoms with Gasteiger partial charge in [0.2, 0.25) is 0 Å². The number of halogens is 3. The van der Waals surface area contributed by atoms with Crippen LogP contribution in [-0.2, 0) is 6.54 Å². The Morgan fingerprint density at radius 2 is 1.89 bits per heavy atom. The maximum absolute atomic E-state index is 13.2. The molecule has 0 aliphatic heterocycles. The summed E-state index contributed by atoms with van der Waals surface area (Å²) in [5, 5.41) is 3.58. The van der Waals surface area contributed by atoms with Crippen LogP contribution in [0, 0.1) is 11.6 Å². The first-order valence-corrected chi connectivity index (χ1v) is 6.36. The van der Waals surface area contributed by atoms with Crippen molar-refractivity contribution in [3.63, 3.8) is 0 Å². The van der Waals surface area contributed by atoms with Crippen molar-refractivity contribution in [1.29, 1.82) is 0 Å². The van der Waals surface area contributed by atoms with Crippen LogP contribution in [0.25, 0.3) is 0 Å². The van der Waals surface area contributed by atoms with E-state index in [1.807, 2.05) is 13.0 Å². The van der Waals surface area contributed by atoms with Gasteiger partial charge in [0.25, 0.3) is 0 Å². The van der Waals surface area contributed by atoms with Gasteiger partial charge in [-0.15, -0.1) is 0 Å². The quantitative estimate of drug-likeness (QED) is 0.872. The first-order valence-electron chi connectivity index (χ1n) is 5.98. The predicted octanol–water partition coefficient (Wildman–Crippen LogP) is 4.47. The summed E-state index contributed by atoms with van der Waals surface area (Å²) < 4.78 is 26.3. The fourth-order valence-corrected chi connectivity index (χ4v) is 2.12. The topological polar surface area (TPSA) is 12.0 Å².